The lowest BCUT2D eigenvalue weighted by Crippen LogP contribution is -2.25. The SMILES string of the molecule is Cc1ccccc1CCc1nc2cc(C(=O)NCCC(=O)O)ccc2n1Cc1cc(Cl)cc(Cl)c1. The first kappa shape index (κ1) is 24.8. The first-order chi connectivity index (χ1) is 16.8. The molecule has 1 heterocycles. The van der Waals surface area contributed by atoms with Crippen LogP contribution < -0.4 is 5.32 Å². The van der Waals surface area contributed by atoms with Crippen molar-refractivity contribution in [2.24, 2.45) is 0 Å². The fourth-order valence-corrected chi connectivity index (χ4v) is 4.67. The molecule has 0 atom stereocenters. The number of carboxylic acids is 1. The zero-order valence-corrected chi connectivity index (χ0v) is 20.7. The third kappa shape index (κ3) is 6.21. The van der Waals surface area contributed by atoms with Crippen LogP contribution in [0, 0.1) is 6.92 Å². The van der Waals surface area contributed by atoms with Gasteiger partial charge in [0.05, 0.1) is 17.5 Å². The van der Waals surface area contributed by atoms with Crippen LogP contribution in [0.15, 0.2) is 60.7 Å². The fourth-order valence-electron chi connectivity index (χ4n) is 4.10. The molecule has 0 aliphatic carbocycles. The second-order valence-electron chi connectivity index (χ2n) is 8.42. The second kappa shape index (κ2) is 10.9. The van der Waals surface area contributed by atoms with E-state index < -0.39 is 5.97 Å². The highest BCUT2D eigenvalue weighted by molar-refractivity contribution is 6.34. The smallest absolute Gasteiger partial charge is 0.305 e. The highest BCUT2D eigenvalue weighted by atomic mass is 35.5. The minimum atomic E-state index is -0.959. The normalized spacial score (nSPS) is 11.1. The van der Waals surface area contributed by atoms with Crippen LogP contribution in [0.2, 0.25) is 10.0 Å². The number of nitrogens with one attached hydrogen (secondary N) is 1. The number of aliphatic carboxylic acids is 1. The number of nitrogens with zero attached hydrogens (tertiary/aromatic N) is 2. The molecule has 0 aliphatic rings. The molecule has 3 aromatic carbocycles. The lowest BCUT2D eigenvalue weighted by molar-refractivity contribution is -0.136. The van der Waals surface area contributed by atoms with Gasteiger partial charge < -0.3 is 15.0 Å². The largest absolute Gasteiger partial charge is 0.481 e. The number of halogens is 2. The molecule has 0 saturated heterocycles. The molecule has 0 aliphatic heterocycles. The van der Waals surface area contributed by atoms with Crippen molar-refractivity contribution >= 4 is 46.1 Å². The summed E-state index contributed by atoms with van der Waals surface area (Å²) >= 11 is 12.5. The summed E-state index contributed by atoms with van der Waals surface area (Å²) < 4.78 is 2.13. The highest BCUT2D eigenvalue weighted by Gasteiger charge is 2.15. The fraction of sp³-hybridized carbons (Fsp3) is 0.222. The van der Waals surface area contributed by atoms with Crippen molar-refractivity contribution in [3.8, 4) is 0 Å². The van der Waals surface area contributed by atoms with Gasteiger partial charge in [-0.05, 0) is 66.4 Å². The summed E-state index contributed by atoms with van der Waals surface area (Å²) in [6.07, 6.45) is 1.41. The molecule has 1 aromatic heterocycles. The van der Waals surface area contributed by atoms with E-state index in [-0.39, 0.29) is 18.9 Å². The van der Waals surface area contributed by atoms with E-state index in [1.165, 1.54) is 11.1 Å². The van der Waals surface area contributed by atoms with E-state index in [4.69, 9.17) is 33.3 Å². The Hall–Kier alpha value is -3.35. The Balaban J connectivity index is 1.67. The minimum absolute atomic E-state index is 0.0673. The van der Waals surface area contributed by atoms with Gasteiger partial charge in [-0.3, -0.25) is 9.59 Å². The van der Waals surface area contributed by atoms with E-state index in [0.29, 0.717) is 34.1 Å². The van der Waals surface area contributed by atoms with Gasteiger partial charge in [-0.15, -0.1) is 0 Å². The van der Waals surface area contributed by atoms with Gasteiger partial charge in [0.15, 0.2) is 0 Å². The van der Waals surface area contributed by atoms with Crippen molar-refractivity contribution in [1.29, 1.82) is 0 Å². The Morgan fingerprint density at radius 2 is 1.74 bits per heavy atom. The number of rotatable bonds is 9. The zero-order valence-electron chi connectivity index (χ0n) is 19.2. The van der Waals surface area contributed by atoms with E-state index in [0.717, 1.165) is 23.3 Å². The summed E-state index contributed by atoms with van der Waals surface area (Å²) in [5.74, 6) is -0.396. The number of aryl methyl sites for hydroxylation is 3. The molecule has 6 nitrogen and oxygen atoms in total. The average Bonchev–Trinajstić information content (AvgIpc) is 3.14. The van der Waals surface area contributed by atoms with Crippen molar-refractivity contribution < 1.29 is 14.7 Å². The van der Waals surface area contributed by atoms with Gasteiger partial charge in [0.1, 0.15) is 5.82 Å². The van der Waals surface area contributed by atoms with E-state index in [2.05, 4.69) is 28.9 Å². The third-order valence-electron chi connectivity index (χ3n) is 5.86. The van der Waals surface area contributed by atoms with Crippen LogP contribution in [0.25, 0.3) is 11.0 Å². The van der Waals surface area contributed by atoms with Crippen molar-refractivity contribution in [3.63, 3.8) is 0 Å². The van der Waals surface area contributed by atoms with Gasteiger partial charge in [0.2, 0.25) is 0 Å². The summed E-state index contributed by atoms with van der Waals surface area (Å²) in [5.41, 5.74) is 5.47. The molecule has 1 amide bonds. The number of hydrogen-bond acceptors (Lipinski definition) is 3. The average molecular weight is 510 g/mol. The van der Waals surface area contributed by atoms with Crippen LogP contribution in [0.3, 0.4) is 0 Å². The number of imidazole rings is 1. The van der Waals surface area contributed by atoms with E-state index in [1.807, 2.05) is 30.3 Å². The molecule has 0 radical (unpaired) electrons. The Bertz CT molecular complexity index is 1380. The number of carboxylic acid groups (broad SMARTS) is 1. The molecule has 8 heteroatoms. The molecule has 0 spiro atoms. The second-order valence-corrected chi connectivity index (χ2v) is 9.29. The summed E-state index contributed by atoms with van der Waals surface area (Å²) in [7, 11) is 0. The number of benzene rings is 3. The lowest BCUT2D eigenvalue weighted by Gasteiger charge is -2.11. The number of amides is 1. The molecular weight excluding hydrogens is 485 g/mol. The topological polar surface area (TPSA) is 84.2 Å². The zero-order chi connectivity index (χ0) is 24.9. The molecule has 180 valence electrons. The summed E-state index contributed by atoms with van der Waals surface area (Å²) in [6, 6.07) is 19.1. The van der Waals surface area contributed by atoms with Crippen LogP contribution >= 0.6 is 23.2 Å². The Morgan fingerprint density at radius 3 is 2.46 bits per heavy atom. The molecule has 35 heavy (non-hydrogen) atoms. The number of carbonyl (C=O) groups is 2. The molecule has 0 saturated carbocycles. The van der Waals surface area contributed by atoms with Crippen LogP contribution in [0.1, 0.15) is 39.3 Å². The number of fused-ring (bicyclic) bond motifs is 1. The van der Waals surface area contributed by atoms with Crippen LogP contribution in [-0.4, -0.2) is 33.1 Å². The summed E-state index contributed by atoms with van der Waals surface area (Å²) in [6.45, 7) is 2.70. The molecule has 2 N–H and O–H groups in total. The molecule has 0 bridgehead atoms. The highest BCUT2D eigenvalue weighted by Crippen LogP contribution is 2.24. The quantitative estimate of drug-likeness (QED) is 0.303. The summed E-state index contributed by atoms with van der Waals surface area (Å²) in [4.78, 5) is 28.1. The molecule has 0 unspecified atom stereocenters. The van der Waals surface area contributed by atoms with Crippen LogP contribution in [0.5, 0.6) is 0 Å². The van der Waals surface area contributed by atoms with Gasteiger partial charge in [-0.1, -0.05) is 47.5 Å². The van der Waals surface area contributed by atoms with Crippen molar-refractivity contribution in [1.82, 2.24) is 14.9 Å². The predicted molar refractivity (Wildman–Crippen MR) is 138 cm³/mol. The van der Waals surface area contributed by atoms with Crippen molar-refractivity contribution in [2.75, 3.05) is 6.54 Å². The van der Waals surface area contributed by atoms with E-state index in [1.54, 1.807) is 18.2 Å². The third-order valence-corrected chi connectivity index (χ3v) is 6.29. The van der Waals surface area contributed by atoms with Crippen LogP contribution in [0.4, 0.5) is 0 Å². The monoisotopic (exact) mass is 509 g/mol. The first-order valence-electron chi connectivity index (χ1n) is 11.3. The Labute approximate surface area is 213 Å². The number of hydrogen-bond donors (Lipinski definition) is 2. The Kier molecular flexibility index (Phi) is 7.73. The lowest BCUT2D eigenvalue weighted by atomic mass is 10.0. The first-order valence-corrected chi connectivity index (χ1v) is 12.0. The minimum Gasteiger partial charge on any atom is -0.481 e. The van der Waals surface area contributed by atoms with Gasteiger partial charge in [-0.25, -0.2) is 4.98 Å². The van der Waals surface area contributed by atoms with Crippen molar-refractivity contribution in [2.45, 2.75) is 32.7 Å². The summed E-state index contributed by atoms with van der Waals surface area (Å²) in [5, 5.41) is 12.6. The molecular formula is C27H25Cl2N3O3. The van der Waals surface area contributed by atoms with Gasteiger partial charge in [0.25, 0.3) is 5.91 Å². The maximum Gasteiger partial charge on any atom is 0.305 e. The van der Waals surface area contributed by atoms with E-state index in [9.17, 15) is 9.59 Å². The van der Waals surface area contributed by atoms with Gasteiger partial charge in [-0.2, -0.15) is 0 Å². The van der Waals surface area contributed by atoms with Crippen LogP contribution in [-0.2, 0) is 24.2 Å². The molecule has 4 aromatic rings. The maximum absolute atomic E-state index is 12.5. The van der Waals surface area contributed by atoms with Gasteiger partial charge in [0, 0.05) is 35.1 Å². The molecule has 0 fully saturated rings. The number of carbonyl (C=O) groups excluding carboxylic acids is 1. The maximum atomic E-state index is 12.5. The molecule has 4 rings (SSSR count). The Morgan fingerprint density at radius 1 is 1.00 bits per heavy atom. The van der Waals surface area contributed by atoms with Crippen molar-refractivity contribution in [3.05, 3.63) is 98.8 Å². The predicted octanol–water partition coefficient (Wildman–Crippen LogP) is 5.69. The van der Waals surface area contributed by atoms with Gasteiger partial charge >= 0.3 is 5.97 Å². The number of aromatic nitrogens is 2. The standard InChI is InChI=1S/C27H25Cl2N3O3/c1-17-4-2-3-5-19(17)7-9-25-31-23-14-20(27(35)30-11-10-26(33)34)6-8-24(23)32(25)16-18-12-21(28)15-22(29)13-18/h2-6,8,12-15H,7,9-11,16H2,1H3,(H,30,35)(H,33,34). The van der Waals surface area contributed by atoms with E-state index >= 15 is 0 Å².